The number of fused-ring (bicyclic) bond motifs is 1. The van der Waals surface area contributed by atoms with Gasteiger partial charge in [0.05, 0.1) is 12.6 Å². The lowest BCUT2D eigenvalue weighted by atomic mass is 9.91. The Balaban J connectivity index is 1.38. The van der Waals surface area contributed by atoms with E-state index in [1.165, 1.54) is 0 Å². The maximum absolute atomic E-state index is 13.6. The summed E-state index contributed by atoms with van der Waals surface area (Å²) in [6.07, 6.45) is 3.41. The van der Waals surface area contributed by atoms with Gasteiger partial charge in [-0.2, -0.15) is 0 Å². The highest BCUT2D eigenvalue weighted by atomic mass is 16.6. The minimum Gasteiger partial charge on any atom is -0.444 e. The molecule has 186 valence electrons. The average Bonchev–Trinajstić information content (AvgIpc) is 3.34. The maximum atomic E-state index is 13.6. The van der Waals surface area contributed by atoms with E-state index in [2.05, 4.69) is 5.32 Å². The van der Waals surface area contributed by atoms with Crippen LogP contribution in [0.1, 0.15) is 57.6 Å². The van der Waals surface area contributed by atoms with Crippen LogP contribution in [-0.2, 0) is 32.0 Å². The molecule has 0 aliphatic carbocycles. The number of benzene rings is 1. The van der Waals surface area contributed by atoms with Crippen molar-refractivity contribution in [2.75, 3.05) is 26.2 Å². The zero-order valence-corrected chi connectivity index (χ0v) is 20.5. The summed E-state index contributed by atoms with van der Waals surface area (Å²) in [7, 11) is 0. The van der Waals surface area contributed by atoms with E-state index in [4.69, 9.17) is 9.47 Å². The van der Waals surface area contributed by atoms with Crippen molar-refractivity contribution in [3.63, 3.8) is 0 Å². The Morgan fingerprint density at radius 3 is 2.44 bits per heavy atom. The molecule has 3 aliphatic rings. The van der Waals surface area contributed by atoms with Crippen molar-refractivity contribution in [3.8, 4) is 0 Å². The fraction of sp³-hybridized carbons (Fsp3) is 0.654. The van der Waals surface area contributed by atoms with Crippen LogP contribution in [0.3, 0.4) is 0 Å². The molecule has 0 spiro atoms. The molecule has 3 aliphatic heterocycles. The molecule has 0 bridgehead atoms. The van der Waals surface area contributed by atoms with Crippen LogP contribution in [0, 0.1) is 5.92 Å². The van der Waals surface area contributed by atoms with Gasteiger partial charge in [-0.05, 0) is 57.6 Å². The zero-order chi connectivity index (χ0) is 24.3. The van der Waals surface area contributed by atoms with Crippen LogP contribution in [0.15, 0.2) is 24.3 Å². The number of nitrogens with zero attached hydrogens (tertiary/aromatic N) is 2. The van der Waals surface area contributed by atoms with Crippen molar-refractivity contribution in [2.24, 2.45) is 5.92 Å². The molecule has 0 saturated carbocycles. The van der Waals surface area contributed by atoms with Crippen LogP contribution >= 0.6 is 0 Å². The summed E-state index contributed by atoms with van der Waals surface area (Å²) in [4.78, 5) is 42.6. The first-order valence-corrected chi connectivity index (χ1v) is 12.5. The van der Waals surface area contributed by atoms with Crippen LogP contribution in [0.5, 0.6) is 0 Å². The molecule has 0 radical (unpaired) electrons. The molecule has 0 unspecified atom stereocenters. The Morgan fingerprint density at radius 1 is 1.09 bits per heavy atom. The van der Waals surface area contributed by atoms with E-state index in [1.54, 1.807) is 9.80 Å². The molecule has 1 aromatic carbocycles. The second kappa shape index (κ2) is 10.3. The lowest BCUT2D eigenvalue weighted by molar-refractivity contribution is -0.140. The largest absolute Gasteiger partial charge is 0.444 e. The summed E-state index contributed by atoms with van der Waals surface area (Å²) in [6.45, 7) is 8.19. The number of hydrogen-bond donors (Lipinski definition) is 1. The van der Waals surface area contributed by atoms with Crippen LogP contribution in [0.2, 0.25) is 0 Å². The van der Waals surface area contributed by atoms with Crippen molar-refractivity contribution in [1.29, 1.82) is 0 Å². The van der Waals surface area contributed by atoms with Gasteiger partial charge in [0.15, 0.2) is 0 Å². The molecule has 1 N–H and O–H groups in total. The molecule has 8 nitrogen and oxygen atoms in total. The second-order valence-electron chi connectivity index (χ2n) is 10.6. The second-order valence-corrected chi connectivity index (χ2v) is 10.6. The molecular weight excluding hydrogens is 434 g/mol. The van der Waals surface area contributed by atoms with E-state index in [0.717, 1.165) is 30.6 Å². The molecule has 0 aromatic heterocycles. The van der Waals surface area contributed by atoms with Gasteiger partial charge in [-0.3, -0.25) is 14.5 Å². The third-order valence-electron chi connectivity index (χ3n) is 6.87. The van der Waals surface area contributed by atoms with Gasteiger partial charge in [-0.15, -0.1) is 0 Å². The summed E-state index contributed by atoms with van der Waals surface area (Å²) in [5.41, 5.74) is 1.49. The molecule has 2 atom stereocenters. The monoisotopic (exact) mass is 471 g/mol. The molecule has 2 fully saturated rings. The van der Waals surface area contributed by atoms with Gasteiger partial charge in [0.1, 0.15) is 11.6 Å². The molecule has 34 heavy (non-hydrogen) atoms. The van der Waals surface area contributed by atoms with Crippen molar-refractivity contribution in [1.82, 2.24) is 15.1 Å². The van der Waals surface area contributed by atoms with E-state index >= 15 is 0 Å². The number of carbonyl (C=O) groups is 3. The van der Waals surface area contributed by atoms with Gasteiger partial charge in [0, 0.05) is 38.6 Å². The third kappa shape index (κ3) is 5.90. The number of likely N-dealkylation sites (tertiary alicyclic amines) is 1. The molecule has 4 rings (SSSR count). The predicted octanol–water partition coefficient (Wildman–Crippen LogP) is 2.88. The van der Waals surface area contributed by atoms with E-state index in [0.29, 0.717) is 45.4 Å². The highest BCUT2D eigenvalue weighted by Gasteiger charge is 2.40. The quantitative estimate of drug-likeness (QED) is 0.730. The van der Waals surface area contributed by atoms with Crippen LogP contribution in [0.4, 0.5) is 4.79 Å². The third-order valence-corrected chi connectivity index (χ3v) is 6.87. The highest BCUT2D eigenvalue weighted by molar-refractivity contribution is 5.87. The van der Waals surface area contributed by atoms with Crippen molar-refractivity contribution < 1.29 is 23.9 Å². The number of piperidine rings is 1. The van der Waals surface area contributed by atoms with Gasteiger partial charge in [0.2, 0.25) is 11.8 Å². The molecule has 3 heterocycles. The number of hydrogen-bond acceptors (Lipinski definition) is 5. The van der Waals surface area contributed by atoms with Crippen LogP contribution in [0.25, 0.3) is 0 Å². The van der Waals surface area contributed by atoms with Gasteiger partial charge in [-0.25, -0.2) is 4.79 Å². The van der Waals surface area contributed by atoms with Crippen LogP contribution in [-0.4, -0.2) is 71.7 Å². The minimum atomic E-state index is -0.642. The van der Waals surface area contributed by atoms with E-state index in [-0.39, 0.29) is 23.8 Å². The normalized spacial score (nSPS) is 23.4. The molecule has 2 saturated heterocycles. The summed E-state index contributed by atoms with van der Waals surface area (Å²) < 4.78 is 11.2. The fourth-order valence-corrected chi connectivity index (χ4v) is 4.99. The molecule has 3 amide bonds. The lowest BCUT2D eigenvalue weighted by Crippen LogP contribution is -2.56. The van der Waals surface area contributed by atoms with Gasteiger partial charge >= 0.3 is 6.09 Å². The molecule has 1 aromatic rings. The van der Waals surface area contributed by atoms with E-state index < -0.39 is 17.7 Å². The first kappa shape index (κ1) is 24.5. The summed E-state index contributed by atoms with van der Waals surface area (Å²) in [6, 6.07) is 7.32. The van der Waals surface area contributed by atoms with Gasteiger partial charge in [0.25, 0.3) is 0 Å². The molecule has 8 heteroatoms. The van der Waals surface area contributed by atoms with E-state index in [1.807, 2.05) is 45.0 Å². The summed E-state index contributed by atoms with van der Waals surface area (Å²) in [5, 5.41) is 3.02. The minimum absolute atomic E-state index is 0.0459. The Labute approximate surface area is 201 Å². The Kier molecular flexibility index (Phi) is 7.45. The average molecular weight is 472 g/mol. The Bertz CT molecular complexity index is 898. The summed E-state index contributed by atoms with van der Waals surface area (Å²) >= 11 is 0. The van der Waals surface area contributed by atoms with E-state index in [9.17, 15) is 14.4 Å². The van der Waals surface area contributed by atoms with Gasteiger partial charge < -0.3 is 19.7 Å². The Hall–Kier alpha value is -2.61. The highest BCUT2D eigenvalue weighted by Crippen LogP contribution is 2.28. The molecular formula is C26H37N3O5. The number of carbonyl (C=O) groups excluding carboxylic acids is 3. The fourth-order valence-electron chi connectivity index (χ4n) is 4.99. The van der Waals surface area contributed by atoms with Gasteiger partial charge in [-0.1, -0.05) is 24.3 Å². The topological polar surface area (TPSA) is 88.2 Å². The summed E-state index contributed by atoms with van der Waals surface area (Å²) in [5.74, 6) is -0.123. The zero-order valence-electron chi connectivity index (χ0n) is 20.5. The predicted molar refractivity (Wildman–Crippen MR) is 127 cm³/mol. The van der Waals surface area contributed by atoms with Crippen molar-refractivity contribution >= 4 is 17.9 Å². The first-order valence-electron chi connectivity index (χ1n) is 12.5. The number of ether oxygens (including phenoxy) is 2. The van der Waals surface area contributed by atoms with Crippen molar-refractivity contribution in [3.05, 3.63) is 35.4 Å². The van der Waals surface area contributed by atoms with Crippen LogP contribution < -0.4 is 5.32 Å². The number of nitrogens with one attached hydrogen (secondary N) is 1. The maximum Gasteiger partial charge on any atom is 0.411 e. The lowest BCUT2D eigenvalue weighted by Gasteiger charge is -2.40. The standard InChI is InChI=1S/C26H37N3O5/c1-26(2,3)34-25(32)29-17-20-8-5-4-7-19(20)15-22(29)24(31)28-12-10-18(11-13-28)23(30)27-16-21-9-6-14-33-21/h4-5,7-8,18,21-22H,6,9-17H2,1-3H3,(H,27,30)/t21-,22-/m0/s1. The van der Waals surface area contributed by atoms with Crippen molar-refractivity contribution in [2.45, 2.75) is 77.2 Å². The number of amides is 3. The Morgan fingerprint density at radius 2 is 1.79 bits per heavy atom. The number of rotatable bonds is 4. The first-order chi connectivity index (χ1) is 16.2. The smallest absolute Gasteiger partial charge is 0.411 e. The SMILES string of the molecule is CC(C)(C)OC(=O)N1Cc2ccccc2C[C@H]1C(=O)N1CCC(C(=O)NC[C@@H]2CCCO2)CC1.